The quantitative estimate of drug-likeness (QED) is 0.663. The molecule has 2 atom stereocenters. The van der Waals surface area contributed by atoms with E-state index >= 15 is 0 Å². The van der Waals surface area contributed by atoms with Gasteiger partial charge in [0, 0.05) is 13.2 Å². The molecule has 0 aromatic heterocycles. The summed E-state index contributed by atoms with van der Waals surface area (Å²) in [5.74, 6) is -0.0171. The molecule has 0 aromatic rings. The molecule has 1 saturated heterocycles. The van der Waals surface area contributed by atoms with Crippen LogP contribution in [0.4, 0.5) is 0 Å². The van der Waals surface area contributed by atoms with E-state index in [1.165, 1.54) is 0 Å². The molecular formula is C16H30N2O3. The van der Waals surface area contributed by atoms with Gasteiger partial charge in [-0.15, -0.1) is 0 Å². The number of carbonyl (C=O) groups is 2. The summed E-state index contributed by atoms with van der Waals surface area (Å²) in [4.78, 5) is 26.7. The van der Waals surface area contributed by atoms with Gasteiger partial charge in [-0.3, -0.25) is 9.59 Å². The molecule has 0 aliphatic carbocycles. The zero-order valence-electron chi connectivity index (χ0n) is 13.9. The first kappa shape index (κ1) is 18.0. The van der Waals surface area contributed by atoms with Gasteiger partial charge in [-0.05, 0) is 26.2 Å². The number of piperazine rings is 1. The third-order valence-corrected chi connectivity index (χ3v) is 4.20. The van der Waals surface area contributed by atoms with Gasteiger partial charge in [-0.1, -0.05) is 33.6 Å². The summed E-state index contributed by atoms with van der Waals surface area (Å²) in [6.07, 6.45) is 4.30. The molecule has 0 aromatic carbocycles. The minimum absolute atomic E-state index is 0.0159. The second kappa shape index (κ2) is 8.37. The van der Waals surface area contributed by atoms with E-state index < -0.39 is 5.54 Å². The van der Waals surface area contributed by atoms with E-state index in [1.54, 1.807) is 11.8 Å². The van der Waals surface area contributed by atoms with Crippen LogP contribution in [0.1, 0.15) is 59.8 Å². The molecule has 1 heterocycles. The summed E-state index contributed by atoms with van der Waals surface area (Å²) in [7, 11) is 0. The molecule has 2 unspecified atom stereocenters. The number of nitrogens with one attached hydrogen (secondary N) is 1. The molecule has 5 nitrogen and oxygen atoms in total. The highest BCUT2D eigenvalue weighted by molar-refractivity contribution is 5.99. The molecule has 0 spiro atoms. The first-order valence-corrected chi connectivity index (χ1v) is 8.21. The van der Waals surface area contributed by atoms with Crippen LogP contribution in [-0.4, -0.2) is 48.1 Å². The maximum absolute atomic E-state index is 12.7. The number of ether oxygens (including phenoxy) is 1. The standard InChI is InChI=1S/C16H30N2O3/c1-5-8-11-21-12-10-18-13(9-6-2)14(19)17-16(4,7-3)15(18)20/h13H,5-12H2,1-4H3,(H,17,19). The second-order valence-corrected chi connectivity index (χ2v) is 5.94. The third-order valence-electron chi connectivity index (χ3n) is 4.20. The van der Waals surface area contributed by atoms with Crippen LogP contribution >= 0.6 is 0 Å². The normalized spacial score (nSPS) is 26.1. The van der Waals surface area contributed by atoms with Crippen LogP contribution in [0.5, 0.6) is 0 Å². The predicted molar refractivity (Wildman–Crippen MR) is 83.0 cm³/mol. The molecule has 2 amide bonds. The van der Waals surface area contributed by atoms with E-state index in [9.17, 15) is 9.59 Å². The molecule has 0 radical (unpaired) electrons. The van der Waals surface area contributed by atoms with Gasteiger partial charge < -0.3 is 15.0 Å². The lowest BCUT2D eigenvalue weighted by Gasteiger charge is -2.44. The Bertz CT molecular complexity index is 359. The fourth-order valence-corrected chi connectivity index (χ4v) is 2.58. The molecule has 1 aliphatic rings. The summed E-state index contributed by atoms with van der Waals surface area (Å²) in [6.45, 7) is 9.59. The maximum atomic E-state index is 12.7. The van der Waals surface area contributed by atoms with Crippen molar-refractivity contribution in [1.29, 1.82) is 0 Å². The van der Waals surface area contributed by atoms with E-state index in [0.717, 1.165) is 19.3 Å². The zero-order chi connectivity index (χ0) is 15.9. The molecule has 0 bridgehead atoms. The highest BCUT2D eigenvalue weighted by atomic mass is 16.5. The lowest BCUT2D eigenvalue weighted by atomic mass is 9.90. The largest absolute Gasteiger partial charge is 0.380 e. The van der Waals surface area contributed by atoms with E-state index in [2.05, 4.69) is 12.2 Å². The van der Waals surface area contributed by atoms with Gasteiger partial charge in [-0.25, -0.2) is 0 Å². The Balaban J connectivity index is 2.71. The monoisotopic (exact) mass is 298 g/mol. The zero-order valence-corrected chi connectivity index (χ0v) is 13.9. The van der Waals surface area contributed by atoms with Crippen molar-refractivity contribution in [2.45, 2.75) is 71.4 Å². The average Bonchev–Trinajstić information content (AvgIpc) is 2.47. The minimum Gasteiger partial charge on any atom is -0.380 e. The Kier molecular flexibility index (Phi) is 7.15. The number of amides is 2. The first-order chi connectivity index (χ1) is 10.00. The average molecular weight is 298 g/mol. The van der Waals surface area contributed by atoms with E-state index in [0.29, 0.717) is 32.6 Å². The number of hydrogen-bond donors (Lipinski definition) is 1. The first-order valence-electron chi connectivity index (χ1n) is 8.21. The Morgan fingerprint density at radius 2 is 1.90 bits per heavy atom. The molecule has 1 fully saturated rings. The maximum Gasteiger partial charge on any atom is 0.248 e. The number of rotatable bonds is 9. The van der Waals surface area contributed by atoms with Crippen LogP contribution < -0.4 is 5.32 Å². The topological polar surface area (TPSA) is 58.6 Å². The van der Waals surface area contributed by atoms with Crippen molar-refractivity contribution >= 4 is 11.8 Å². The smallest absolute Gasteiger partial charge is 0.248 e. The van der Waals surface area contributed by atoms with Crippen molar-refractivity contribution in [2.75, 3.05) is 19.8 Å². The molecule has 0 saturated carbocycles. The number of hydrogen-bond acceptors (Lipinski definition) is 3. The van der Waals surface area contributed by atoms with Crippen molar-refractivity contribution in [2.24, 2.45) is 0 Å². The third kappa shape index (κ3) is 4.43. The Hall–Kier alpha value is -1.10. The lowest BCUT2D eigenvalue weighted by Crippen LogP contribution is -2.69. The van der Waals surface area contributed by atoms with Crippen LogP contribution in [-0.2, 0) is 14.3 Å². The summed E-state index contributed by atoms with van der Waals surface area (Å²) >= 11 is 0. The summed E-state index contributed by atoms with van der Waals surface area (Å²) < 4.78 is 5.56. The molecule has 1 N–H and O–H groups in total. The van der Waals surface area contributed by atoms with E-state index in [4.69, 9.17) is 4.74 Å². The van der Waals surface area contributed by atoms with Gasteiger partial charge in [0.15, 0.2) is 0 Å². The van der Waals surface area contributed by atoms with Gasteiger partial charge in [0.2, 0.25) is 11.8 Å². The van der Waals surface area contributed by atoms with Crippen LogP contribution in [0, 0.1) is 0 Å². The summed E-state index contributed by atoms with van der Waals surface area (Å²) in [5, 5.41) is 2.90. The van der Waals surface area contributed by atoms with Crippen LogP contribution in [0.3, 0.4) is 0 Å². The summed E-state index contributed by atoms with van der Waals surface area (Å²) in [6, 6.07) is -0.350. The fraction of sp³-hybridized carbons (Fsp3) is 0.875. The van der Waals surface area contributed by atoms with Crippen LogP contribution in [0.25, 0.3) is 0 Å². The summed E-state index contributed by atoms with van der Waals surface area (Å²) in [5.41, 5.74) is -0.773. The molecule has 5 heteroatoms. The van der Waals surface area contributed by atoms with Crippen molar-refractivity contribution in [3.63, 3.8) is 0 Å². The lowest BCUT2D eigenvalue weighted by molar-refractivity contribution is -0.155. The van der Waals surface area contributed by atoms with Crippen molar-refractivity contribution in [3.8, 4) is 0 Å². The molecule has 1 rings (SSSR count). The molecule has 1 aliphatic heterocycles. The highest BCUT2D eigenvalue weighted by Crippen LogP contribution is 2.23. The molecular weight excluding hydrogens is 268 g/mol. The van der Waals surface area contributed by atoms with Crippen molar-refractivity contribution in [3.05, 3.63) is 0 Å². The Morgan fingerprint density at radius 3 is 2.48 bits per heavy atom. The van der Waals surface area contributed by atoms with Gasteiger partial charge in [0.1, 0.15) is 11.6 Å². The SMILES string of the molecule is CCCCOCCN1C(=O)C(C)(CC)NC(=O)C1CCC. The van der Waals surface area contributed by atoms with Gasteiger partial charge >= 0.3 is 0 Å². The fourth-order valence-electron chi connectivity index (χ4n) is 2.58. The Labute approximate surface area is 128 Å². The molecule has 122 valence electrons. The number of carbonyl (C=O) groups excluding carboxylic acids is 2. The Morgan fingerprint density at radius 1 is 1.19 bits per heavy atom. The van der Waals surface area contributed by atoms with Crippen molar-refractivity contribution < 1.29 is 14.3 Å². The van der Waals surface area contributed by atoms with Gasteiger partial charge in [0.05, 0.1) is 6.61 Å². The molecule has 21 heavy (non-hydrogen) atoms. The minimum atomic E-state index is -0.773. The van der Waals surface area contributed by atoms with Gasteiger partial charge in [-0.2, -0.15) is 0 Å². The van der Waals surface area contributed by atoms with E-state index in [1.807, 2.05) is 13.8 Å². The van der Waals surface area contributed by atoms with E-state index in [-0.39, 0.29) is 17.9 Å². The van der Waals surface area contributed by atoms with Gasteiger partial charge in [0.25, 0.3) is 0 Å². The van der Waals surface area contributed by atoms with Crippen molar-refractivity contribution in [1.82, 2.24) is 10.2 Å². The second-order valence-electron chi connectivity index (χ2n) is 5.94. The number of nitrogens with zero attached hydrogens (tertiary/aromatic N) is 1. The van der Waals surface area contributed by atoms with Crippen LogP contribution in [0.2, 0.25) is 0 Å². The number of unbranched alkanes of at least 4 members (excludes halogenated alkanes) is 1. The highest BCUT2D eigenvalue weighted by Gasteiger charge is 2.46. The predicted octanol–water partition coefficient (Wildman–Crippen LogP) is 2.10. The van der Waals surface area contributed by atoms with Crippen LogP contribution in [0.15, 0.2) is 0 Å².